The molecule has 4 heteroatoms. The van der Waals surface area contributed by atoms with Gasteiger partial charge < -0.3 is 10.3 Å². The Morgan fingerprint density at radius 1 is 1.21 bits per heavy atom. The summed E-state index contributed by atoms with van der Waals surface area (Å²) in [5.41, 5.74) is 7.75. The van der Waals surface area contributed by atoms with Crippen LogP contribution in [0.2, 0.25) is 0 Å². The Kier molecular flexibility index (Phi) is 5.33. The molecule has 0 radical (unpaired) electrons. The number of imidazole rings is 1. The van der Waals surface area contributed by atoms with Crippen LogP contribution in [0, 0.1) is 0 Å². The minimum atomic E-state index is 0.806. The molecule has 0 fully saturated rings. The molecule has 0 unspecified atom stereocenters. The molecule has 0 atom stereocenters. The second kappa shape index (κ2) is 7.24. The van der Waals surface area contributed by atoms with E-state index in [1.54, 1.807) is 0 Å². The van der Waals surface area contributed by atoms with Gasteiger partial charge in [-0.25, -0.2) is 4.98 Å². The SMILES string of the molecule is CCCn1c(CCCCCCN)nc2cnccc21. The van der Waals surface area contributed by atoms with Crippen molar-refractivity contribution in [1.29, 1.82) is 0 Å². The highest BCUT2D eigenvalue weighted by atomic mass is 15.1. The third-order valence-electron chi connectivity index (χ3n) is 3.43. The fourth-order valence-corrected chi connectivity index (χ4v) is 2.48. The molecule has 0 aliphatic carbocycles. The van der Waals surface area contributed by atoms with Crippen molar-refractivity contribution in [3.8, 4) is 0 Å². The summed E-state index contributed by atoms with van der Waals surface area (Å²) in [6.07, 6.45) is 10.7. The molecule has 0 aliphatic heterocycles. The molecule has 4 nitrogen and oxygen atoms in total. The number of unbranched alkanes of at least 4 members (excludes halogenated alkanes) is 3. The van der Waals surface area contributed by atoms with Crippen molar-refractivity contribution in [3.63, 3.8) is 0 Å². The maximum atomic E-state index is 5.51. The van der Waals surface area contributed by atoms with Crippen molar-refractivity contribution >= 4 is 11.0 Å². The van der Waals surface area contributed by atoms with E-state index in [0.717, 1.165) is 37.9 Å². The third kappa shape index (κ3) is 3.53. The molecular formula is C15H24N4. The first kappa shape index (κ1) is 14.0. The largest absolute Gasteiger partial charge is 0.330 e. The molecule has 0 aliphatic rings. The van der Waals surface area contributed by atoms with Gasteiger partial charge in [0.15, 0.2) is 0 Å². The molecule has 0 saturated heterocycles. The maximum absolute atomic E-state index is 5.51. The standard InChI is InChI=1S/C15H24N4/c1-2-11-19-14-8-10-17-12-13(14)18-15(19)7-5-3-4-6-9-16/h8,10,12H,2-7,9,11,16H2,1H3. The molecule has 0 amide bonds. The van der Waals surface area contributed by atoms with Crippen LogP contribution in [0.4, 0.5) is 0 Å². The normalized spacial score (nSPS) is 11.3. The summed E-state index contributed by atoms with van der Waals surface area (Å²) in [6.45, 7) is 4.05. The highest BCUT2D eigenvalue weighted by Crippen LogP contribution is 2.17. The molecule has 2 N–H and O–H groups in total. The number of fused-ring (bicyclic) bond motifs is 1. The Morgan fingerprint density at radius 3 is 2.84 bits per heavy atom. The predicted octanol–water partition coefficient (Wildman–Crippen LogP) is 2.90. The second-order valence-electron chi connectivity index (χ2n) is 5.00. The van der Waals surface area contributed by atoms with Crippen molar-refractivity contribution < 1.29 is 0 Å². The van der Waals surface area contributed by atoms with Crippen LogP contribution in [0.5, 0.6) is 0 Å². The molecule has 0 saturated carbocycles. The van der Waals surface area contributed by atoms with Crippen molar-refractivity contribution in [2.24, 2.45) is 5.73 Å². The highest BCUT2D eigenvalue weighted by molar-refractivity contribution is 5.74. The summed E-state index contributed by atoms with van der Waals surface area (Å²) in [5.74, 6) is 1.21. The van der Waals surface area contributed by atoms with E-state index in [-0.39, 0.29) is 0 Å². The van der Waals surface area contributed by atoms with Gasteiger partial charge in [0.2, 0.25) is 0 Å². The van der Waals surface area contributed by atoms with Crippen LogP contribution in [0.3, 0.4) is 0 Å². The summed E-state index contributed by atoms with van der Waals surface area (Å²) in [5, 5.41) is 0. The summed E-state index contributed by atoms with van der Waals surface area (Å²) in [6, 6.07) is 2.07. The fourth-order valence-electron chi connectivity index (χ4n) is 2.48. The molecular weight excluding hydrogens is 236 g/mol. The first-order chi connectivity index (χ1) is 9.36. The van der Waals surface area contributed by atoms with Gasteiger partial charge in [0.1, 0.15) is 11.3 Å². The lowest BCUT2D eigenvalue weighted by Gasteiger charge is -2.07. The van der Waals surface area contributed by atoms with Crippen molar-refractivity contribution in [1.82, 2.24) is 14.5 Å². The number of nitrogens with zero attached hydrogens (tertiary/aromatic N) is 3. The number of hydrogen-bond acceptors (Lipinski definition) is 3. The van der Waals surface area contributed by atoms with Crippen LogP contribution in [-0.2, 0) is 13.0 Å². The molecule has 2 aromatic heterocycles. The molecule has 0 bridgehead atoms. The van der Waals surface area contributed by atoms with E-state index in [1.807, 2.05) is 12.4 Å². The minimum Gasteiger partial charge on any atom is -0.330 e. The lowest BCUT2D eigenvalue weighted by Crippen LogP contribution is -2.04. The number of aryl methyl sites for hydroxylation is 2. The second-order valence-corrected chi connectivity index (χ2v) is 5.00. The average Bonchev–Trinajstić information content (AvgIpc) is 2.78. The summed E-state index contributed by atoms with van der Waals surface area (Å²) < 4.78 is 2.35. The Bertz CT molecular complexity index is 504. The molecule has 0 aromatic carbocycles. The smallest absolute Gasteiger partial charge is 0.109 e. The third-order valence-corrected chi connectivity index (χ3v) is 3.43. The fraction of sp³-hybridized carbons (Fsp3) is 0.600. The minimum absolute atomic E-state index is 0.806. The number of nitrogens with two attached hydrogens (primary N) is 1. The van der Waals surface area contributed by atoms with E-state index in [2.05, 4.69) is 22.5 Å². The summed E-state index contributed by atoms with van der Waals surface area (Å²) >= 11 is 0. The molecule has 2 aromatic rings. The predicted molar refractivity (Wildman–Crippen MR) is 79.0 cm³/mol. The number of aromatic nitrogens is 3. The van der Waals surface area contributed by atoms with Gasteiger partial charge in [0.25, 0.3) is 0 Å². The van der Waals surface area contributed by atoms with Crippen LogP contribution >= 0.6 is 0 Å². The molecule has 19 heavy (non-hydrogen) atoms. The van der Waals surface area contributed by atoms with Gasteiger partial charge in [0.05, 0.1) is 11.7 Å². The number of pyridine rings is 1. The summed E-state index contributed by atoms with van der Waals surface area (Å²) in [7, 11) is 0. The van der Waals surface area contributed by atoms with Crippen molar-refractivity contribution in [2.75, 3.05) is 6.54 Å². The van der Waals surface area contributed by atoms with Gasteiger partial charge in [-0.1, -0.05) is 19.8 Å². The number of rotatable bonds is 8. The van der Waals surface area contributed by atoms with Crippen molar-refractivity contribution in [3.05, 3.63) is 24.3 Å². The summed E-state index contributed by atoms with van der Waals surface area (Å²) in [4.78, 5) is 8.88. The zero-order chi connectivity index (χ0) is 13.5. The van der Waals surface area contributed by atoms with Crippen molar-refractivity contribution in [2.45, 2.75) is 52.0 Å². The van der Waals surface area contributed by atoms with Gasteiger partial charge >= 0.3 is 0 Å². The van der Waals surface area contributed by atoms with Crippen LogP contribution < -0.4 is 5.73 Å². The maximum Gasteiger partial charge on any atom is 0.109 e. The van der Waals surface area contributed by atoms with E-state index in [0.29, 0.717) is 0 Å². The van der Waals surface area contributed by atoms with Gasteiger partial charge in [0, 0.05) is 19.2 Å². The molecule has 2 rings (SSSR count). The Hall–Kier alpha value is -1.42. The van der Waals surface area contributed by atoms with E-state index >= 15 is 0 Å². The average molecular weight is 260 g/mol. The van der Waals surface area contributed by atoms with Crippen LogP contribution in [0.1, 0.15) is 44.9 Å². The lowest BCUT2D eigenvalue weighted by atomic mass is 10.1. The first-order valence-corrected chi connectivity index (χ1v) is 7.36. The monoisotopic (exact) mass is 260 g/mol. The topological polar surface area (TPSA) is 56.7 Å². The van der Waals surface area contributed by atoms with E-state index in [4.69, 9.17) is 10.7 Å². The van der Waals surface area contributed by atoms with Gasteiger partial charge in [-0.3, -0.25) is 4.98 Å². The van der Waals surface area contributed by atoms with Crippen LogP contribution in [0.15, 0.2) is 18.5 Å². The zero-order valence-corrected chi connectivity index (χ0v) is 11.8. The Morgan fingerprint density at radius 2 is 2.05 bits per heavy atom. The van der Waals surface area contributed by atoms with Gasteiger partial charge in [-0.2, -0.15) is 0 Å². The Balaban J connectivity index is 2.06. The van der Waals surface area contributed by atoms with Crippen LogP contribution in [0.25, 0.3) is 11.0 Å². The van der Waals surface area contributed by atoms with Crippen LogP contribution in [-0.4, -0.2) is 21.1 Å². The zero-order valence-electron chi connectivity index (χ0n) is 11.8. The van der Waals surface area contributed by atoms with E-state index in [9.17, 15) is 0 Å². The molecule has 0 spiro atoms. The Labute approximate surface area is 115 Å². The first-order valence-electron chi connectivity index (χ1n) is 7.36. The lowest BCUT2D eigenvalue weighted by molar-refractivity contribution is 0.601. The number of hydrogen-bond donors (Lipinski definition) is 1. The highest BCUT2D eigenvalue weighted by Gasteiger charge is 2.09. The molecule has 2 heterocycles. The van der Waals surface area contributed by atoms with E-state index in [1.165, 1.54) is 30.6 Å². The molecule has 104 valence electrons. The quantitative estimate of drug-likeness (QED) is 0.742. The van der Waals surface area contributed by atoms with Gasteiger partial charge in [-0.15, -0.1) is 0 Å². The van der Waals surface area contributed by atoms with Gasteiger partial charge in [-0.05, 0) is 31.9 Å². The van der Waals surface area contributed by atoms with E-state index < -0.39 is 0 Å².